The Hall–Kier alpha value is -4.43. The maximum absolute atomic E-state index is 13.5. The van der Waals surface area contributed by atoms with Gasteiger partial charge in [-0.25, -0.2) is 23.2 Å². The number of carbonyl (C=O) groups excluding carboxylic acids is 2. The maximum atomic E-state index is 13.5. The van der Waals surface area contributed by atoms with Crippen molar-refractivity contribution in [3.63, 3.8) is 0 Å². The van der Waals surface area contributed by atoms with Gasteiger partial charge < -0.3 is 29.7 Å². The first-order chi connectivity index (χ1) is 22.8. The summed E-state index contributed by atoms with van der Waals surface area (Å²) in [6.45, 7) is 15.1. The lowest BCUT2D eigenvalue weighted by molar-refractivity contribution is 0.0197. The average Bonchev–Trinajstić information content (AvgIpc) is 2.99. The van der Waals surface area contributed by atoms with Crippen LogP contribution in [0.5, 0.6) is 17.4 Å². The molecule has 2 heterocycles. The van der Waals surface area contributed by atoms with Crippen molar-refractivity contribution in [2.75, 3.05) is 36.5 Å². The van der Waals surface area contributed by atoms with Crippen molar-refractivity contribution < 1.29 is 32.2 Å². The highest BCUT2D eigenvalue weighted by molar-refractivity contribution is 7.92. The Kier molecular flexibility index (Phi) is 11.4. The molecule has 0 radical (unpaired) electrons. The Morgan fingerprint density at radius 3 is 2.27 bits per heavy atom. The van der Waals surface area contributed by atoms with E-state index in [-0.39, 0.29) is 29.0 Å². The Labute approximate surface area is 289 Å². The molecule has 0 bridgehead atoms. The third kappa shape index (κ3) is 10.8. The van der Waals surface area contributed by atoms with Gasteiger partial charge in [0.2, 0.25) is 15.9 Å². The number of ether oxygens (including phenoxy) is 3. The zero-order valence-electron chi connectivity index (χ0n) is 29.8. The van der Waals surface area contributed by atoms with Crippen LogP contribution in [-0.4, -0.2) is 73.4 Å². The molecule has 3 N–H and O–H groups in total. The van der Waals surface area contributed by atoms with E-state index in [2.05, 4.69) is 25.3 Å². The fraction of sp³-hybridized carbons (Fsp3) is 0.486. The van der Waals surface area contributed by atoms with Gasteiger partial charge in [0.05, 0.1) is 30.4 Å². The highest BCUT2D eigenvalue weighted by Crippen LogP contribution is 2.39. The number of piperidine rings is 1. The molecule has 266 valence electrons. The van der Waals surface area contributed by atoms with Crippen molar-refractivity contribution in [3.8, 4) is 17.4 Å². The first-order valence-electron chi connectivity index (χ1n) is 16.1. The molecule has 1 aromatic heterocycles. The van der Waals surface area contributed by atoms with E-state index in [0.717, 1.165) is 35.9 Å². The molecule has 0 atom stereocenters. The van der Waals surface area contributed by atoms with Gasteiger partial charge in [0.1, 0.15) is 17.7 Å². The van der Waals surface area contributed by atoms with Crippen LogP contribution in [0.15, 0.2) is 42.7 Å². The Morgan fingerprint density at radius 1 is 0.980 bits per heavy atom. The molecule has 0 unspecified atom stereocenters. The predicted molar refractivity (Wildman–Crippen MR) is 189 cm³/mol. The van der Waals surface area contributed by atoms with Crippen LogP contribution < -0.4 is 24.8 Å². The zero-order chi connectivity index (χ0) is 36.1. The minimum Gasteiger partial charge on any atom is -0.492 e. The number of aromatic nitrogens is 2. The van der Waals surface area contributed by atoms with E-state index in [1.807, 2.05) is 48.5 Å². The summed E-state index contributed by atoms with van der Waals surface area (Å²) in [7, 11) is -2.21. The molecule has 0 saturated carbocycles. The number of sulfonamides is 1. The zero-order valence-corrected chi connectivity index (χ0v) is 30.6. The van der Waals surface area contributed by atoms with Gasteiger partial charge >= 0.3 is 6.09 Å². The number of benzene rings is 2. The Bertz CT molecular complexity index is 1780. The number of hydrogen-bond donors (Lipinski definition) is 3. The number of methoxy groups -OCH3 is 1. The van der Waals surface area contributed by atoms with Crippen LogP contribution in [0.3, 0.4) is 0 Å². The largest absolute Gasteiger partial charge is 0.492 e. The molecule has 1 aliphatic heterocycles. The third-order valence-electron chi connectivity index (χ3n) is 7.78. The number of likely N-dealkylation sites (tertiary alicyclic amines) is 1. The number of anilines is 2. The summed E-state index contributed by atoms with van der Waals surface area (Å²) in [6.07, 6.45) is 3.79. The number of nitrogens with zero attached hydrogens (tertiary/aromatic N) is 3. The van der Waals surface area contributed by atoms with E-state index in [4.69, 9.17) is 14.2 Å². The molecule has 2 aromatic carbocycles. The average molecular weight is 697 g/mol. The molecule has 13 nitrogen and oxygen atoms in total. The molecule has 0 aliphatic carbocycles. The summed E-state index contributed by atoms with van der Waals surface area (Å²) in [5.74, 6) is 0.508. The topological polar surface area (TPSA) is 161 Å². The molecule has 49 heavy (non-hydrogen) atoms. The number of aryl methyl sites for hydroxylation is 1. The molecule has 0 spiro atoms. The van der Waals surface area contributed by atoms with Gasteiger partial charge in [0.15, 0.2) is 5.75 Å². The number of hydrogen-bond acceptors (Lipinski definition) is 10. The van der Waals surface area contributed by atoms with Gasteiger partial charge in [-0.05, 0) is 81.3 Å². The fourth-order valence-electron chi connectivity index (χ4n) is 5.18. The van der Waals surface area contributed by atoms with Gasteiger partial charge in [-0.2, -0.15) is 0 Å². The molecule has 1 aliphatic rings. The molecule has 3 aromatic rings. The fourth-order valence-corrected chi connectivity index (χ4v) is 5.73. The minimum atomic E-state index is -3.62. The summed E-state index contributed by atoms with van der Waals surface area (Å²) in [5.41, 5.74) is 2.30. The molecule has 4 rings (SSSR count). The standard InChI is InChI=1S/C35H48N6O7S/c1-22-10-11-23(32(42)39-27-17-24(34(2,3)4)18-28(31(27)46-8)40-49(9,44)45)16-29(22)47-30-19-26(37-21-38-30)20-36-25-12-14-41(15-13-25)33(43)48-35(5,6)7/h10-11,16-19,21,25,36,40H,12-15,20H2,1-9H3,(H,39,42). The predicted octanol–water partition coefficient (Wildman–Crippen LogP) is 6.00. The van der Waals surface area contributed by atoms with E-state index < -0.39 is 21.5 Å². The highest BCUT2D eigenvalue weighted by Gasteiger charge is 2.27. The quantitative estimate of drug-likeness (QED) is 0.229. The highest BCUT2D eigenvalue weighted by atomic mass is 32.2. The van der Waals surface area contributed by atoms with Crippen LogP contribution in [-0.2, 0) is 26.7 Å². The first-order valence-corrected chi connectivity index (χ1v) is 18.0. The third-order valence-corrected chi connectivity index (χ3v) is 8.38. The summed E-state index contributed by atoms with van der Waals surface area (Å²) in [6, 6.07) is 10.5. The molecule has 1 fully saturated rings. The van der Waals surface area contributed by atoms with Gasteiger partial charge in [-0.15, -0.1) is 0 Å². The SMILES string of the molecule is COc1c(NC(=O)c2ccc(C)c(Oc3cc(CNC4CCN(C(=O)OC(C)(C)C)CC4)ncn3)c2)cc(C(C)(C)C)cc1NS(C)(=O)=O. The van der Waals surface area contributed by atoms with E-state index in [9.17, 15) is 18.0 Å². The molecular weight excluding hydrogens is 648 g/mol. The maximum Gasteiger partial charge on any atom is 0.410 e. The van der Waals surface area contributed by atoms with Crippen LogP contribution in [0.4, 0.5) is 16.2 Å². The number of nitrogens with one attached hydrogen (secondary N) is 3. The number of carbonyl (C=O) groups is 2. The summed E-state index contributed by atoms with van der Waals surface area (Å²) >= 11 is 0. The van der Waals surface area contributed by atoms with Crippen LogP contribution in [0.25, 0.3) is 0 Å². The van der Waals surface area contributed by atoms with E-state index in [1.54, 1.807) is 41.3 Å². The van der Waals surface area contributed by atoms with Crippen LogP contribution >= 0.6 is 0 Å². The van der Waals surface area contributed by atoms with Gasteiger partial charge in [-0.3, -0.25) is 9.52 Å². The van der Waals surface area contributed by atoms with Gasteiger partial charge in [-0.1, -0.05) is 26.8 Å². The van der Waals surface area contributed by atoms with Crippen molar-refractivity contribution in [1.29, 1.82) is 0 Å². The van der Waals surface area contributed by atoms with Crippen molar-refractivity contribution in [2.24, 2.45) is 0 Å². The summed E-state index contributed by atoms with van der Waals surface area (Å²) in [5, 5.41) is 6.39. The van der Waals surface area contributed by atoms with Crippen LogP contribution in [0.2, 0.25) is 0 Å². The second-order valence-corrected chi connectivity index (χ2v) is 16.0. The minimum absolute atomic E-state index is 0.186. The Balaban J connectivity index is 1.44. The lowest BCUT2D eigenvalue weighted by Crippen LogP contribution is -2.46. The van der Waals surface area contributed by atoms with Gasteiger partial charge in [0, 0.05) is 37.3 Å². The van der Waals surface area contributed by atoms with Crippen molar-refractivity contribution in [1.82, 2.24) is 20.2 Å². The van der Waals surface area contributed by atoms with Crippen molar-refractivity contribution >= 4 is 33.4 Å². The second-order valence-electron chi connectivity index (χ2n) is 14.2. The van der Waals surface area contributed by atoms with E-state index in [1.165, 1.54) is 13.4 Å². The lowest BCUT2D eigenvalue weighted by atomic mass is 9.86. The molecule has 1 saturated heterocycles. The van der Waals surface area contributed by atoms with Crippen molar-refractivity contribution in [3.05, 3.63) is 65.1 Å². The molecule has 14 heteroatoms. The van der Waals surface area contributed by atoms with E-state index >= 15 is 0 Å². The number of amides is 2. The molecule has 2 amide bonds. The van der Waals surface area contributed by atoms with Crippen molar-refractivity contribution in [2.45, 2.75) is 84.9 Å². The van der Waals surface area contributed by atoms with Crippen LogP contribution in [0, 0.1) is 6.92 Å². The summed E-state index contributed by atoms with van der Waals surface area (Å²) in [4.78, 5) is 36.3. The summed E-state index contributed by atoms with van der Waals surface area (Å²) < 4.78 is 43.9. The molecular formula is C35H48N6O7S. The van der Waals surface area contributed by atoms with Crippen LogP contribution in [0.1, 0.15) is 81.6 Å². The van der Waals surface area contributed by atoms with Gasteiger partial charge in [0.25, 0.3) is 5.91 Å². The normalized spacial score (nSPS) is 14.3. The second kappa shape index (κ2) is 15.0. The smallest absolute Gasteiger partial charge is 0.410 e. The monoisotopic (exact) mass is 696 g/mol. The Morgan fingerprint density at radius 2 is 1.65 bits per heavy atom. The van der Waals surface area contributed by atoms with E-state index in [0.29, 0.717) is 42.5 Å². The first kappa shape index (κ1) is 37.4. The lowest BCUT2D eigenvalue weighted by Gasteiger charge is -2.33. The number of rotatable bonds is 10.